The molecule has 2 aromatic rings. The second-order valence-corrected chi connectivity index (χ2v) is 7.40. The maximum Gasteiger partial charge on any atom is 0.251 e. The summed E-state index contributed by atoms with van der Waals surface area (Å²) in [6.45, 7) is 0.255. The van der Waals surface area contributed by atoms with Gasteiger partial charge in [-0.25, -0.2) is 0 Å². The summed E-state index contributed by atoms with van der Waals surface area (Å²) < 4.78 is 0. The van der Waals surface area contributed by atoms with Crippen LogP contribution >= 0.6 is 9.24 Å². The molecule has 2 unspecified atom stereocenters. The van der Waals surface area contributed by atoms with E-state index in [0.717, 1.165) is 31.2 Å². The van der Waals surface area contributed by atoms with Crippen LogP contribution in [0.25, 0.3) is 0 Å². The summed E-state index contributed by atoms with van der Waals surface area (Å²) in [4.78, 5) is 12.7. The quantitative estimate of drug-likeness (QED) is 0.842. The molecule has 0 saturated heterocycles. The van der Waals surface area contributed by atoms with Crippen LogP contribution in [0.15, 0.2) is 36.4 Å². The van der Waals surface area contributed by atoms with E-state index in [2.05, 4.69) is 38.8 Å². The van der Waals surface area contributed by atoms with Gasteiger partial charge in [0.05, 0.1) is 6.61 Å². The molecule has 0 aromatic heterocycles. The minimum absolute atomic E-state index is 0.0316. The van der Waals surface area contributed by atoms with Crippen LogP contribution in [-0.4, -0.2) is 24.2 Å². The number of fused-ring (bicyclic) bond motifs is 4. The number of carbonyl (C=O) groups is 1. The van der Waals surface area contributed by atoms with Crippen molar-refractivity contribution in [3.63, 3.8) is 0 Å². The molecule has 0 radical (unpaired) electrons. The summed E-state index contributed by atoms with van der Waals surface area (Å²) in [5, 5.41) is 13.1. The second-order valence-electron chi connectivity index (χ2n) is 6.78. The van der Waals surface area contributed by atoms with Crippen LogP contribution in [0, 0.1) is 0 Å². The number of nitrogens with one attached hydrogen (secondary N) is 1. The SMILES string of the molecule is O=C(NCCO)c1cccc2c1C1(CCc3cccc(P)c31)CC2. The summed E-state index contributed by atoms with van der Waals surface area (Å²) in [7, 11) is 2.89. The largest absolute Gasteiger partial charge is 0.395 e. The molecule has 2 aliphatic rings. The van der Waals surface area contributed by atoms with Crippen molar-refractivity contribution in [1.29, 1.82) is 0 Å². The Labute approximate surface area is 144 Å². The number of aryl methyl sites for hydroxylation is 2. The molecule has 124 valence electrons. The highest BCUT2D eigenvalue weighted by atomic mass is 31.0. The minimum Gasteiger partial charge on any atom is -0.395 e. The van der Waals surface area contributed by atoms with E-state index < -0.39 is 0 Å². The summed E-state index contributed by atoms with van der Waals surface area (Å²) in [5.74, 6) is -0.0723. The van der Waals surface area contributed by atoms with Crippen LogP contribution in [0.2, 0.25) is 0 Å². The zero-order valence-electron chi connectivity index (χ0n) is 13.6. The van der Waals surface area contributed by atoms with Crippen LogP contribution < -0.4 is 10.6 Å². The number of hydrogen-bond acceptors (Lipinski definition) is 2. The lowest BCUT2D eigenvalue weighted by atomic mass is 9.74. The molecule has 2 aromatic carbocycles. The first-order valence-electron chi connectivity index (χ1n) is 8.56. The summed E-state index contributed by atoms with van der Waals surface area (Å²) in [6.07, 6.45) is 4.24. The zero-order chi connectivity index (χ0) is 16.7. The molecule has 3 nitrogen and oxygen atoms in total. The second kappa shape index (κ2) is 5.98. The fourth-order valence-corrected chi connectivity index (χ4v) is 5.26. The molecule has 4 rings (SSSR count). The molecule has 2 N–H and O–H groups in total. The average Bonchev–Trinajstić information content (AvgIpc) is 3.16. The van der Waals surface area contributed by atoms with E-state index in [1.54, 1.807) is 0 Å². The third-order valence-electron chi connectivity index (χ3n) is 5.58. The average molecular weight is 339 g/mol. The van der Waals surface area contributed by atoms with E-state index in [9.17, 15) is 4.79 Å². The fourth-order valence-electron chi connectivity index (χ4n) is 4.69. The Morgan fingerprint density at radius 3 is 2.46 bits per heavy atom. The Bertz CT molecular complexity index is 813. The molecular weight excluding hydrogens is 317 g/mol. The molecule has 0 saturated carbocycles. The van der Waals surface area contributed by atoms with Gasteiger partial charge in [0.2, 0.25) is 0 Å². The van der Waals surface area contributed by atoms with E-state index in [4.69, 9.17) is 5.11 Å². The zero-order valence-corrected chi connectivity index (χ0v) is 14.8. The van der Waals surface area contributed by atoms with Gasteiger partial charge in [0.1, 0.15) is 0 Å². The fraction of sp³-hybridized carbons (Fsp3) is 0.350. The molecule has 4 heteroatoms. The van der Waals surface area contributed by atoms with Crippen LogP contribution in [0.3, 0.4) is 0 Å². The van der Waals surface area contributed by atoms with Gasteiger partial charge in [0.25, 0.3) is 5.91 Å². The Kier molecular flexibility index (Phi) is 3.94. The Hall–Kier alpha value is -1.70. The molecule has 0 bridgehead atoms. The van der Waals surface area contributed by atoms with Gasteiger partial charge >= 0.3 is 0 Å². The third-order valence-corrected chi connectivity index (χ3v) is 6.06. The van der Waals surface area contributed by atoms with E-state index in [0.29, 0.717) is 6.54 Å². The molecule has 2 aliphatic carbocycles. The molecule has 0 aliphatic heterocycles. The summed E-state index contributed by atoms with van der Waals surface area (Å²) in [5.41, 5.74) is 6.09. The van der Waals surface area contributed by atoms with Crippen molar-refractivity contribution in [2.24, 2.45) is 0 Å². The van der Waals surface area contributed by atoms with Crippen molar-refractivity contribution in [3.05, 3.63) is 64.2 Å². The van der Waals surface area contributed by atoms with E-state index in [-0.39, 0.29) is 17.9 Å². The lowest BCUT2D eigenvalue weighted by Crippen LogP contribution is -2.32. The lowest BCUT2D eigenvalue weighted by Gasteiger charge is -2.30. The topological polar surface area (TPSA) is 49.3 Å². The van der Waals surface area contributed by atoms with Crippen molar-refractivity contribution in [3.8, 4) is 0 Å². The number of hydrogen-bond donors (Lipinski definition) is 2. The van der Waals surface area contributed by atoms with Crippen LogP contribution in [-0.2, 0) is 18.3 Å². The van der Waals surface area contributed by atoms with Crippen molar-refractivity contribution >= 4 is 20.5 Å². The normalized spacial score (nSPS) is 20.9. The van der Waals surface area contributed by atoms with Gasteiger partial charge in [0.15, 0.2) is 0 Å². The predicted molar refractivity (Wildman–Crippen MR) is 99.1 cm³/mol. The molecule has 24 heavy (non-hydrogen) atoms. The maximum atomic E-state index is 12.7. The molecule has 2 atom stereocenters. The van der Waals surface area contributed by atoms with Crippen molar-refractivity contribution in [2.75, 3.05) is 13.2 Å². The maximum absolute atomic E-state index is 12.7. The third kappa shape index (κ3) is 2.22. The Morgan fingerprint density at radius 1 is 1.08 bits per heavy atom. The number of aliphatic hydroxyl groups is 1. The van der Waals surface area contributed by atoms with Gasteiger partial charge in [-0.1, -0.05) is 30.3 Å². The first kappa shape index (κ1) is 15.8. The number of carbonyl (C=O) groups excluding carboxylic acids is 1. The van der Waals surface area contributed by atoms with Crippen molar-refractivity contribution in [2.45, 2.75) is 31.1 Å². The highest BCUT2D eigenvalue weighted by Gasteiger charge is 2.47. The number of amides is 1. The van der Waals surface area contributed by atoms with Crippen molar-refractivity contribution in [1.82, 2.24) is 5.32 Å². The van der Waals surface area contributed by atoms with E-state index in [1.165, 1.54) is 27.6 Å². The number of rotatable bonds is 3. The molecule has 0 heterocycles. The molecule has 0 fully saturated rings. The molecular formula is C20H22NO2P. The van der Waals surface area contributed by atoms with Gasteiger partial charge in [-0.2, -0.15) is 0 Å². The minimum atomic E-state index is -0.0723. The van der Waals surface area contributed by atoms with Gasteiger partial charge in [-0.05, 0) is 59.3 Å². The summed E-state index contributed by atoms with van der Waals surface area (Å²) in [6, 6.07) is 12.6. The Morgan fingerprint density at radius 2 is 1.75 bits per heavy atom. The number of benzene rings is 2. The molecule has 1 spiro atoms. The van der Waals surface area contributed by atoms with Crippen molar-refractivity contribution < 1.29 is 9.90 Å². The standard InChI is InChI=1S/C20H22NO2P/c22-12-11-21-19(23)15-5-1-3-13-7-9-20(17(13)15)10-8-14-4-2-6-16(24)18(14)20/h1-6,22H,7-12,24H2,(H,21,23). The lowest BCUT2D eigenvalue weighted by molar-refractivity contribution is 0.0942. The first-order valence-corrected chi connectivity index (χ1v) is 9.14. The van der Waals surface area contributed by atoms with E-state index >= 15 is 0 Å². The highest BCUT2D eigenvalue weighted by molar-refractivity contribution is 7.27. The van der Waals surface area contributed by atoms with Crippen LogP contribution in [0.4, 0.5) is 0 Å². The number of aliphatic hydroxyl groups excluding tert-OH is 1. The Balaban J connectivity index is 1.88. The highest BCUT2D eigenvalue weighted by Crippen LogP contribution is 2.53. The monoisotopic (exact) mass is 339 g/mol. The predicted octanol–water partition coefficient (Wildman–Crippen LogP) is 2.09. The van der Waals surface area contributed by atoms with Gasteiger partial charge in [0, 0.05) is 17.5 Å². The first-order chi connectivity index (χ1) is 11.7. The van der Waals surface area contributed by atoms with Gasteiger partial charge in [-0.3, -0.25) is 4.79 Å². The molecule has 1 amide bonds. The van der Waals surface area contributed by atoms with Gasteiger partial charge < -0.3 is 10.4 Å². The van der Waals surface area contributed by atoms with E-state index in [1.807, 2.05) is 12.1 Å². The van der Waals surface area contributed by atoms with Gasteiger partial charge in [-0.15, -0.1) is 9.24 Å². The van der Waals surface area contributed by atoms with Crippen LogP contribution in [0.5, 0.6) is 0 Å². The smallest absolute Gasteiger partial charge is 0.251 e. The summed E-state index contributed by atoms with van der Waals surface area (Å²) >= 11 is 0. The van der Waals surface area contributed by atoms with Crippen LogP contribution in [0.1, 0.15) is 45.5 Å².